The van der Waals surface area contributed by atoms with E-state index in [0.29, 0.717) is 0 Å². The third-order valence-electron chi connectivity index (χ3n) is 2.74. The molecule has 1 fully saturated rings. The molecule has 1 aliphatic rings. The second kappa shape index (κ2) is 3.91. The first kappa shape index (κ1) is 8.79. The van der Waals surface area contributed by atoms with Gasteiger partial charge in [0.15, 0.2) is 0 Å². The number of rotatable bonds is 4. The van der Waals surface area contributed by atoms with Gasteiger partial charge in [0, 0.05) is 5.92 Å². The fourth-order valence-corrected chi connectivity index (χ4v) is 1.78. The van der Waals surface area contributed by atoms with Gasteiger partial charge in [-0.25, -0.2) is 0 Å². The van der Waals surface area contributed by atoms with Crippen molar-refractivity contribution in [3.8, 4) is 0 Å². The summed E-state index contributed by atoms with van der Waals surface area (Å²) in [6.07, 6.45) is 7.07. The van der Waals surface area contributed by atoms with Crippen molar-refractivity contribution in [3.05, 3.63) is 12.2 Å². The predicted octanol–water partition coefficient (Wildman–Crippen LogP) is 1.31. The van der Waals surface area contributed by atoms with E-state index in [-0.39, 0.29) is 0 Å². The van der Waals surface area contributed by atoms with Gasteiger partial charge in [0.25, 0.3) is 0 Å². The second-order valence-electron chi connectivity index (χ2n) is 3.60. The normalized spacial score (nSPS) is 32.6. The molecule has 1 heteroatoms. The molecule has 0 amide bonds. The Labute approximate surface area is 69.9 Å². The summed E-state index contributed by atoms with van der Waals surface area (Å²) in [6.45, 7) is 6.72. The summed E-state index contributed by atoms with van der Waals surface area (Å²) < 4.78 is 0. The Kier molecular flexibility index (Phi) is 3.13. The summed E-state index contributed by atoms with van der Waals surface area (Å²) in [5.74, 6) is 0.918. The smallest absolute Gasteiger partial charge is 0.141 e. The molecule has 0 aliphatic carbocycles. The molecule has 0 bridgehead atoms. The van der Waals surface area contributed by atoms with Crippen LogP contribution in [0.1, 0.15) is 33.6 Å². The van der Waals surface area contributed by atoms with Crippen LogP contribution >= 0.6 is 0 Å². The number of hydrogen-bond acceptors (Lipinski definition) is 0. The molecule has 1 heterocycles. The largest absolute Gasteiger partial charge is 0.332 e. The Morgan fingerprint density at radius 1 is 1.55 bits per heavy atom. The lowest BCUT2D eigenvalue weighted by atomic mass is 9.96. The highest BCUT2D eigenvalue weighted by molar-refractivity contribution is 4.87. The predicted molar refractivity (Wildman–Crippen MR) is 48.4 cm³/mol. The average molecular weight is 154 g/mol. The van der Waals surface area contributed by atoms with Crippen LogP contribution in [0.5, 0.6) is 0 Å². The number of hydrogen-bond donors (Lipinski definition) is 1. The van der Waals surface area contributed by atoms with Crippen LogP contribution in [-0.2, 0) is 0 Å². The molecule has 0 aromatic heterocycles. The fraction of sp³-hybridized carbons (Fsp3) is 0.800. The van der Waals surface area contributed by atoms with Crippen LogP contribution in [0.2, 0.25) is 0 Å². The van der Waals surface area contributed by atoms with Crippen molar-refractivity contribution in [2.75, 3.05) is 0 Å². The van der Waals surface area contributed by atoms with E-state index in [1.54, 1.807) is 0 Å². The van der Waals surface area contributed by atoms with E-state index in [1.807, 2.05) is 0 Å². The van der Waals surface area contributed by atoms with Gasteiger partial charge < -0.3 is 5.32 Å². The minimum Gasteiger partial charge on any atom is -0.332 e. The maximum Gasteiger partial charge on any atom is 0.141 e. The van der Waals surface area contributed by atoms with Gasteiger partial charge in [-0.1, -0.05) is 19.1 Å². The molecule has 1 saturated heterocycles. The van der Waals surface area contributed by atoms with E-state index in [4.69, 9.17) is 0 Å². The Hall–Kier alpha value is -0.300. The highest BCUT2D eigenvalue weighted by atomic mass is 15.1. The number of quaternary nitrogens is 1. The highest BCUT2D eigenvalue weighted by Gasteiger charge is 2.43. The van der Waals surface area contributed by atoms with E-state index in [1.165, 1.54) is 12.8 Å². The molecule has 0 spiro atoms. The summed E-state index contributed by atoms with van der Waals surface area (Å²) >= 11 is 0. The van der Waals surface area contributed by atoms with Gasteiger partial charge in [-0.05, 0) is 26.7 Å². The fourth-order valence-electron chi connectivity index (χ4n) is 1.78. The van der Waals surface area contributed by atoms with E-state index < -0.39 is 0 Å². The first-order chi connectivity index (χ1) is 5.29. The zero-order valence-electron chi connectivity index (χ0n) is 7.88. The summed E-state index contributed by atoms with van der Waals surface area (Å²) in [7, 11) is 0. The maximum atomic E-state index is 2.47. The van der Waals surface area contributed by atoms with Crippen LogP contribution in [0, 0.1) is 5.92 Å². The van der Waals surface area contributed by atoms with Crippen molar-refractivity contribution in [2.45, 2.75) is 45.7 Å². The number of allylic oxidation sites excluding steroid dienone is 2. The molecule has 1 nitrogen and oxygen atoms in total. The molecule has 3 unspecified atom stereocenters. The lowest BCUT2D eigenvalue weighted by Crippen LogP contribution is -2.63. The molecule has 64 valence electrons. The molecule has 1 aliphatic heterocycles. The molecule has 11 heavy (non-hydrogen) atoms. The number of nitrogens with two attached hydrogens (primary N) is 1. The zero-order chi connectivity index (χ0) is 8.27. The summed E-state index contributed by atoms with van der Waals surface area (Å²) in [5.41, 5.74) is 0. The monoisotopic (exact) mass is 154 g/mol. The molecule has 1 rings (SSSR count). The van der Waals surface area contributed by atoms with Crippen LogP contribution in [0.3, 0.4) is 0 Å². The minimum absolute atomic E-state index is 0.894. The van der Waals surface area contributed by atoms with E-state index in [2.05, 4.69) is 38.2 Å². The molecule has 0 aromatic rings. The lowest BCUT2D eigenvalue weighted by molar-refractivity contribution is -0.518. The Morgan fingerprint density at radius 2 is 2.18 bits per heavy atom. The molecule has 0 saturated carbocycles. The minimum atomic E-state index is 0.894. The van der Waals surface area contributed by atoms with Gasteiger partial charge in [-0.2, -0.15) is 0 Å². The third-order valence-corrected chi connectivity index (χ3v) is 2.74. The van der Waals surface area contributed by atoms with Gasteiger partial charge in [-0.3, -0.25) is 0 Å². The molecule has 3 atom stereocenters. The van der Waals surface area contributed by atoms with Gasteiger partial charge >= 0.3 is 0 Å². The Balaban J connectivity index is 2.26. The first-order valence-electron chi connectivity index (χ1n) is 4.75. The lowest BCUT2D eigenvalue weighted by Gasteiger charge is -2.05. The third kappa shape index (κ3) is 2.33. The first-order valence-corrected chi connectivity index (χ1v) is 4.75. The Bertz CT molecular complexity index is 140. The van der Waals surface area contributed by atoms with Crippen molar-refractivity contribution < 1.29 is 5.32 Å². The van der Waals surface area contributed by atoms with Crippen molar-refractivity contribution >= 4 is 0 Å². The van der Waals surface area contributed by atoms with E-state index >= 15 is 0 Å². The summed E-state index contributed by atoms with van der Waals surface area (Å²) in [6, 6.07) is 1.82. The van der Waals surface area contributed by atoms with Crippen LogP contribution in [0.4, 0.5) is 0 Å². The SMILES string of the molecule is CC=CCC(CC)C1[NH2+]C1C. The maximum absolute atomic E-state index is 2.47. The molecule has 0 radical (unpaired) electrons. The van der Waals surface area contributed by atoms with E-state index in [9.17, 15) is 0 Å². The standard InChI is InChI=1S/C10H19N/c1-4-6-7-9(5-2)10-8(3)11-10/h4,6,8-11H,5,7H2,1-3H3/p+1. The van der Waals surface area contributed by atoms with Gasteiger partial charge in [0.05, 0.1) is 0 Å². The van der Waals surface area contributed by atoms with Crippen molar-refractivity contribution in [1.82, 2.24) is 0 Å². The van der Waals surface area contributed by atoms with Crippen LogP contribution < -0.4 is 5.32 Å². The zero-order valence-corrected chi connectivity index (χ0v) is 7.88. The van der Waals surface area contributed by atoms with Gasteiger partial charge in [-0.15, -0.1) is 0 Å². The van der Waals surface area contributed by atoms with Crippen LogP contribution in [0.15, 0.2) is 12.2 Å². The topological polar surface area (TPSA) is 16.6 Å². The summed E-state index contributed by atoms with van der Waals surface area (Å²) in [4.78, 5) is 0. The molecule has 0 aromatic carbocycles. The van der Waals surface area contributed by atoms with E-state index in [0.717, 1.165) is 18.0 Å². The van der Waals surface area contributed by atoms with Gasteiger partial charge in [0.1, 0.15) is 12.1 Å². The molecule has 2 N–H and O–H groups in total. The highest BCUT2D eigenvalue weighted by Crippen LogP contribution is 2.18. The van der Waals surface area contributed by atoms with Crippen LogP contribution in [-0.4, -0.2) is 12.1 Å². The quantitative estimate of drug-likeness (QED) is 0.464. The van der Waals surface area contributed by atoms with Gasteiger partial charge in [0.2, 0.25) is 0 Å². The van der Waals surface area contributed by atoms with Crippen molar-refractivity contribution in [1.29, 1.82) is 0 Å². The Morgan fingerprint density at radius 3 is 2.55 bits per heavy atom. The second-order valence-corrected chi connectivity index (χ2v) is 3.60. The molecular weight excluding hydrogens is 134 g/mol. The van der Waals surface area contributed by atoms with Crippen molar-refractivity contribution in [3.63, 3.8) is 0 Å². The van der Waals surface area contributed by atoms with Crippen LogP contribution in [0.25, 0.3) is 0 Å². The molecular formula is C10H20N+. The summed E-state index contributed by atoms with van der Waals surface area (Å²) in [5, 5.41) is 2.47. The van der Waals surface area contributed by atoms with Crippen molar-refractivity contribution in [2.24, 2.45) is 5.92 Å². The average Bonchev–Trinajstić information content (AvgIpc) is 2.69.